The number of hydrogen-bond acceptors (Lipinski definition) is 7. The third kappa shape index (κ3) is 4.83. The van der Waals surface area contributed by atoms with Gasteiger partial charge in [-0.3, -0.25) is 0 Å². The zero-order valence-corrected chi connectivity index (χ0v) is 17.4. The molecule has 0 amide bonds. The molecule has 1 aromatic heterocycles. The molecule has 11 heteroatoms. The highest BCUT2D eigenvalue weighted by molar-refractivity contribution is 7.89. The lowest BCUT2D eigenvalue weighted by molar-refractivity contribution is 0.0483. The molecule has 0 aromatic carbocycles. The maximum atomic E-state index is 12.8. The van der Waals surface area contributed by atoms with Crippen molar-refractivity contribution in [2.75, 3.05) is 45.9 Å². The number of esters is 1. The van der Waals surface area contributed by atoms with Crippen LogP contribution >= 0.6 is 12.2 Å². The van der Waals surface area contributed by atoms with Crippen molar-refractivity contribution < 1.29 is 27.1 Å². The quantitative estimate of drug-likeness (QED) is 0.518. The summed E-state index contributed by atoms with van der Waals surface area (Å²) in [6, 6.07) is 2.59. The SMILES string of the molecule is CCOC(=O)c1ccc(S(=O)(=O)N2CCN(C(=S)NCC3CCCO3)CC2)o1. The van der Waals surface area contributed by atoms with Crippen molar-refractivity contribution in [1.82, 2.24) is 14.5 Å². The van der Waals surface area contributed by atoms with Gasteiger partial charge in [0, 0.05) is 39.3 Å². The molecule has 0 saturated carbocycles. The second-order valence-electron chi connectivity index (χ2n) is 6.55. The Morgan fingerprint density at radius 2 is 2.07 bits per heavy atom. The van der Waals surface area contributed by atoms with Crippen molar-refractivity contribution in [2.24, 2.45) is 0 Å². The molecule has 1 aromatic rings. The average molecular weight is 432 g/mol. The van der Waals surface area contributed by atoms with E-state index in [1.807, 2.05) is 4.90 Å². The Bertz CT molecular complexity index is 796. The predicted molar refractivity (Wildman–Crippen MR) is 105 cm³/mol. The molecular formula is C17H25N3O6S2. The fourth-order valence-electron chi connectivity index (χ4n) is 3.15. The Kier molecular flexibility index (Phi) is 6.91. The molecule has 9 nitrogen and oxygen atoms in total. The number of nitrogens with one attached hydrogen (secondary N) is 1. The van der Waals surface area contributed by atoms with Crippen LogP contribution in [0.2, 0.25) is 0 Å². The number of nitrogens with zero attached hydrogens (tertiary/aromatic N) is 2. The van der Waals surface area contributed by atoms with Crippen LogP contribution in [0.15, 0.2) is 21.6 Å². The molecule has 1 atom stereocenters. The summed E-state index contributed by atoms with van der Waals surface area (Å²) >= 11 is 5.41. The molecule has 156 valence electrons. The minimum atomic E-state index is -3.82. The summed E-state index contributed by atoms with van der Waals surface area (Å²) in [5, 5.41) is 3.55. The summed E-state index contributed by atoms with van der Waals surface area (Å²) in [6.45, 7) is 4.81. The van der Waals surface area contributed by atoms with Gasteiger partial charge in [-0.2, -0.15) is 4.31 Å². The fraction of sp³-hybridized carbons (Fsp3) is 0.647. The zero-order valence-electron chi connectivity index (χ0n) is 15.8. The van der Waals surface area contributed by atoms with E-state index in [1.165, 1.54) is 16.4 Å². The number of furan rings is 1. The van der Waals surface area contributed by atoms with E-state index in [2.05, 4.69) is 5.32 Å². The number of rotatable bonds is 6. The van der Waals surface area contributed by atoms with Crippen molar-refractivity contribution in [3.63, 3.8) is 0 Å². The molecule has 1 N–H and O–H groups in total. The standard InChI is InChI=1S/C17H25N3O6S2/c1-2-24-16(21)14-5-6-15(26-14)28(22,23)20-9-7-19(8-10-20)17(27)18-12-13-4-3-11-25-13/h5-6,13H,2-4,7-12H2,1H3,(H,18,27). The Morgan fingerprint density at radius 1 is 1.32 bits per heavy atom. The highest BCUT2D eigenvalue weighted by Crippen LogP contribution is 2.21. The van der Waals surface area contributed by atoms with Gasteiger partial charge in [-0.25, -0.2) is 13.2 Å². The smallest absolute Gasteiger partial charge is 0.374 e. The predicted octanol–water partition coefficient (Wildman–Crippen LogP) is 0.816. The van der Waals surface area contributed by atoms with E-state index in [1.54, 1.807) is 6.92 Å². The number of carbonyl (C=O) groups excluding carboxylic acids is 1. The molecule has 0 spiro atoms. The van der Waals surface area contributed by atoms with Crippen LogP contribution < -0.4 is 5.32 Å². The molecule has 28 heavy (non-hydrogen) atoms. The van der Waals surface area contributed by atoms with Crippen molar-refractivity contribution in [3.05, 3.63) is 17.9 Å². The van der Waals surface area contributed by atoms with Gasteiger partial charge in [0.1, 0.15) is 0 Å². The molecule has 2 fully saturated rings. The molecule has 1 unspecified atom stereocenters. The molecular weight excluding hydrogens is 406 g/mol. The van der Waals surface area contributed by atoms with Gasteiger partial charge < -0.3 is 24.1 Å². The first-order valence-electron chi connectivity index (χ1n) is 9.33. The summed E-state index contributed by atoms with van der Waals surface area (Å²) in [5.74, 6) is -0.810. The van der Waals surface area contributed by atoms with E-state index >= 15 is 0 Å². The van der Waals surface area contributed by atoms with Crippen LogP contribution in [0.3, 0.4) is 0 Å². The van der Waals surface area contributed by atoms with Crippen molar-refractivity contribution in [1.29, 1.82) is 0 Å². The van der Waals surface area contributed by atoms with Gasteiger partial charge in [-0.15, -0.1) is 0 Å². The van der Waals surface area contributed by atoms with E-state index in [4.69, 9.17) is 26.1 Å². The molecule has 2 saturated heterocycles. The number of piperazine rings is 1. The Morgan fingerprint density at radius 3 is 2.71 bits per heavy atom. The number of carbonyl (C=O) groups is 1. The van der Waals surface area contributed by atoms with Gasteiger partial charge in [0.15, 0.2) is 5.11 Å². The van der Waals surface area contributed by atoms with Crippen molar-refractivity contribution in [2.45, 2.75) is 31.0 Å². The first-order valence-corrected chi connectivity index (χ1v) is 11.2. The second-order valence-corrected chi connectivity index (χ2v) is 8.81. The maximum Gasteiger partial charge on any atom is 0.374 e. The summed E-state index contributed by atoms with van der Waals surface area (Å²) < 4.78 is 42.4. The van der Waals surface area contributed by atoms with Crippen LogP contribution in [-0.2, 0) is 19.5 Å². The van der Waals surface area contributed by atoms with Gasteiger partial charge >= 0.3 is 5.97 Å². The van der Waals surface area contributed by atoms with Crippen LogP contribution in [0.25, 0.3) is 0 Å². The molecule has 2 aliphatic rings. The van der Waals surface area contributed by atoms with Crippen LogP contribution in [-0.4, -0.2) is 80.7 Å². The first kappa shape index (κ1) is 21.0. The Balaban J connectivity index is 1.53. The number of ether oxygens (including phenoxy) is 2. The molecule has 0 aliphatic carbocycles. The minimum Gasteiger partial charge on any atom is -0.460 e. The lowest BCUT2D eigenvalue weighted by atomic mass is 10.2. The van der Waals surface area contributed by atoms with Crippen LogP contribution in [0, 0.1) is 0 Å². The summed E-state index contributed by atoms with van der Waals surface area (Å²) in [5.41, 5.74) is 0. The second kappa shape index (κ2) is 9.21. The summed E-state index contributed by atoms with van der Waals surface area (Å²) in [7, 11) is -3.82. The largest absolute Gasteiger partial charge is 0.460 e. The van der Waals surface area contributed by atoms with Gasteiger partial charge in [-0.1, -0.05) is 0 Å². The van der Waals surface area contributed by atoms with E-state index < -0.39 is 16.0 Å². The van der Waals surface area contributed by atoms with Crippen molar-refractivity contribution >= 4 is 33.3 Å². The Labute approximate surface area is 170 Å². The van der Waals surface area contributed by atoms with E-state index in [0.29, 0.717) is 24.7 Å². The highest BCUT2D eigenvalue weighted by Gasteiger charge is 2.32. The topological polar surface area (TPSA) is 101 Å². The normalized spacial score (nSPS) is 20.9. The van der Waals surface area contributed by atoms with Gasteiger partial charge in [0.05, 0.1) is 12.7 Å². The van der Waals surface area contributed by atoms with Gasteiger partial charge in [0.25, 0.3) is 10.0 Å². The lowest BCUT2D eigenvalue weighted by Crippen LogP contribution is -2.53. The molecule has 0 bridgehead atoms. The minimum absolute atomic E-state index is 0.126. The van der Waals surface area contributed by atoms with E-state index in [0.717, 1.165) is 19.4 Å². The van der Waals surface area contributed by atoms with Gasteiger partial charge in [0.2, 0.25) is 10.9 Å². The van der Waals surface area contributed by atoms with E-state index in [-0.39, 0.29) is 36.7 Å². The fourth-order valence-corrected chi connectivity index (χ4v) is 4.75. The highest BCUT2D eigenvalue weighted by atomic mass is 32.2. The van der Waals surface area contributed by atoms with Gasteiger partial charge in [-0.05, 0) is 44.1 Å². The number of sulfonamides is 1. The number of hydrogen-bond donors (Lipinski definition) is 1. The monoisotopic (exact) mass is 431 g/mol. The van der Waals surface area contributed by atoms with E-state index in [9.17, 15) is 13.2 Å². The van der Waals surface area contributed by atoms with Crippen LogP contribution in [0.1, 0.15) is 30.3 Å². The summed E-state index contributed by atoms with van der Waals surface area (Å²) in [4.78, 5) is 13.6. The Hall–Kier alpha value is -1.69. The first-order chi connectivity index (χ1) is 13.4. The third-order valence-corrected chi connectivity index (χ3v) is 6.86. The van der Waals surface area contributed by atoms with Crippen LogP contribution in [0.4, 0.5) is 0 Å². The summed E-state index contributed by atoms with van der Waals surface area (Å²) in [6.07, 6.45) is 2.28. The maximum absolute atomic E-state index is 12.8. The lowest BCUT2D eigenvalue weighted by Gasteiger charge is -2.35. The third-order valence-electron chi connectivity index (χ3n) is 4.68. The molecule has 3 rings (SSSR count). The number of thiocarbonyl (C=S) groups is 1. The average Bonchev–Trinajstić information content (AvgIpc) is 3.38. The van der Waals surface area contributed by atoms with Crippen LogP contribution in [0.5, 0.6) is 0 Å². The molecule has 2 aliphatic heterocycles. The molecule has 3 heterocycles. The van der Waals surface area contributed by atoms with Crippen molar-refractivity contribution in [3.8, 4) is 0 Å². The molecule has 0 radical (unpaired) electrons. The zero-order chi connectivity index (χ0) is 20.1.